The number of rotatable bonds is 3. The molecule has 38 heavy (non-hydrogen) atoms. The van der Waals surface area contributed by atoms with Crippen molar-refractivity contribution in [1.82, 2.24) is 25.0 Å². The van der Waals surface area contributed by atoms with Gasteiger partial charge >= 0.3 is 18.4 Å². The number of amides is 2. The minimum Gasteiger partial charge on any atom is -0.383 e. The summed E-state index contributed by atoms with van der Waals surface area (Å²) < 4.78 is 80.8. The van der Waals surface area contributed by atoms with Crippen molar-refractivity contribution < 1.29 is 31.1 Å². The Kier molecular flexibility index (Phi) is 6.07. The number of likely N-dealkylation sites (tertiary alicyclic amines) is 1. The van der Waals surface area contributed by atoms with Gasteiger partial charge in [-0.25, -0.2) is 9.78 Å². The maximum absolute atomic E-state index is 13.3. The van der Waals surface area contributed by atoms with Crippen LogP contribution in [0.4, 0.5) is 37.0 Å². The first-order valence-electron chi connectivity index (χ1n) is 11.9. The Labute approximate surface area is 213 Å². The van der Waals surface area contributed by atoms with E-state index in [9.17, 15) is 31.1 Å². The quantitative estimate of drug-likeness (QED) is 0.438. The highest BCUT2D eigenvalue weighted by atomic mass is 19.4. The number of halogens is 6. The highest BCUT2D eigenvalue weighted by Gasteiger charge is 2.47. The Morgan fingerprint density at radius 3 is 2.53 bits per heavy atom. The molecule has 1 fully saturated rings. The number of alkyl halides is 6. The summed E-state index contributed by atoms with van der Waals surface area (Å²) in [6.07, 6.45) is -6.56. The van der Waals surface area contributed by atoms with Crippen LogP contribution in [0.1, 0.15) is 48.2 Å². The van der Waals surface area contributed by atoms with Crippen LogP contribution in [0, 0.1) is 0 Å². The molecule has 13 heteroatoms. The van der Waals surface area contributed by atoms with Gasteiger partial charge in [0.15, 0.2) is 0 Å². The van der Waals surface area contributed by atoms with Crippen LogP contribution in [0.5, 0.6) is 0 Å². The molecular formula is C25H24F6N6O. The Morgan fingerprint density at radius 1 is 1.08 bits per heavy atom. The standard InChI is InChI=1S/C25H24F6N6O/c1-14(15-3-2-4-17(9-15)24(26,27)28)34-22(38)36-7-5-23(13-36)6-8-37-20(23)11-19(35-37)16-10-18(25(29,30)31)21(32)33-12-16/h2-4,9-12,14H,5-8,13H2,1H3,(H2,32,33)(H,34,38)/t14-,23?/m1/s1. The van der Waals surface area contributed by atoms with Crippen LogP contribution in [0.15, 0.2) is 42.6 Å². The second-order valence-corrected chi connectivity index (χ2v) is 9.79. The van der Waals surface area contributed by atoms with Crippen LogP contribution in [0.2, 0.25) is 0 Å². The van der Waals surface area contributed by atoms with Crippen LogP contribution in [-0.4, -0.2) is 38.8 Å². The number of nitrogens with one attached hydrogen (secondary N) is 1. The number of benzene rings is 1. The number of urea groups is 1. The molecule has 1 spiro atoms. The zero-order chi connectivity index (χ0) is 27.5. The number of hydrogen-bond acceptors (Lipinski definition) is 4. The number of nitrogens with two attached hydrogens (primary N) is 1. The lowest BCUT2D eigenvalue weighted by Crippen LogP contribution is -2.41. The third-order valence-electron chi connectivity index (χ3n) is 7.34. The molecule has 7 nitrogen and oxygen atoms in total. The number of pyridine rings is 1. The summed E-state index contributed by atoms with van der Waals surface area (Å²) in [5.41, 5.74) is 4.84. The van der Waals surface area contributed by atoms with E-state index in [1.807, 2.05) is 0 Å². The maximum atomic E-state index is 13.3. The van der Waals surface area contributed by atoms with E-state index >= 15 is 0 Å². The molecule has 1 saturated heterocycles. The number of nitrogen functional groups attached to an aromatic ring is 1. The number of hydrogen-bond donors (Lipinski definition) is 2. The van der Waals surface area contributed by atoms with Crippen LogP contribution in [-0.2, 0) is 24.3 Å². The van der Waals surface area contributed by atoms with Crippen molar-refractivity contribution in [2.24, 2.45) is 0 Å². The first-order valence-corrected chi connectivity index (χ1v) is 11.9. The average Bonchev–Trinajstić information content (AvgIpc) is 3.55. The molecule has 3 N–H and O–H groups in total. The first-order chi connectivity index (χ1) is 17.8. The lowest BCUT2D eigenvalue weighted by Gasteiger charge is -2.25. The summed E-state index contributed by atoms with van der Waals surface area (Å²) in [6.45, 7) is 2.93. The van der Waals surface area contributed by atoms with Crippen molar-refractivity contribution in [2.75, 3.05) is 18.8 Å². The summed E-state index contributed by atoms with van der Waals surface area (Å²) in [5.74, 6) is -0.610. The molecule has 3 aromatic rings. The molecule has 0 radical (unpaired) electrons. The Balaban J connectivity index is 1.31. The monoisotopic (exact) mass is 538 g/mol. The fraction of sp³-hybridized carbons (Fsp3) is 0.400. The zero-order valence-corrected chi connectivity index (χ0v) is 20.2. The Bertz CT molecular complexity index is 1380. The van der Waals surface area contributed by atoms with E-state index in [4.69, 9.17) is 5.73 Å². The predicted octanol–water partition coefficient (Wildman–Crippen LogP) is 5.38. The molecular weight excluding hydrogens is 514 g/mol. The van der Waals surface area contributed by atoms with Gasteiger partial charge in [0.25, 0.3) is 0 Å². The molecule has 0 aliphatic carbocycles. The van der Waals surface area contributed by atoms with Gasteiger partial charge in [0, 0.05) is 42.5 Å². The van der Waals surface area contributed by atoms with Gasteiger partial charge in [0.2, 0.25) is 0 Å². The van der Waals surface area contributed by atoms with Crippen LogP contribution < -0.4 is 11.1 Å². The van der Waals surface area contributed by atoms with E-state index in [1.165, 1.54) is 18.3 Å². The topological polar surface area (TPSA) is 89.1 Å². The predicted molar refractivity (Wildman–Crippen MR) is 126 cm³/mol. The number of carbonyl (C=O) groups excluding carboxylic acids is 1. The van der Waals surface area contributed by atoms with Gasteiger partial charge in [-0.1, -0.05) is 12.1 Å². The Morgan fingerprint density at radius 2 is 1.82 bits per heavy atom. The van der Waals surface area contributed by atoms with Crippen molar-refractivity contribution in [2.45, 2.75) is 50.1 Å². The van der Waals surface area contributed by atoms with Crippen molar-refractivity contribution in [3.63, 3.8) is 0 Å². The average molecular weight is 538 g/mol. The third-order valence-corrected chi connectivity index (χ3v) is 7.34. The van der Waals surface area contributed by atoms with Gasteiger partial charge in [-0.2, -0.15) is 31.4 Å². The van der Waals surface area contributed by atoms with Gasteiger partial charge in [0.1, 0.15) is 5.82 Å². The van der Waals surface area contributed by atoms with E-state index < -0.39 is 46.8 Å². The molecule has 4 heterocycles. The molecule has 202 valence electrons. The summed E-state index contributed by atoms with van der Waals surface area (Å²) in [6, 6.07) is 6.43. The molecule has 2 aliphatic rings. The molecule has 5 rings (SSSR count). The molecule has 1 aromatic carbocycles. The zero-order valence-electron chi connectivity index (χ0n) is 20.2. The van der Waals surface area contributed by atoms with Gasteiger partial charge in [-0.05, 0) is 49.6 Å². The fourth-order valence-corrected chi connectivity index (χ4v) is 5.25. The van der Waals surface area contributed by atoms with Crippen molar-refractivity contribution in [3.8, 4) is 11.3 Å². The summed E-state index contributed by atoms with van der Waals surface area (Å²) >= 11 is 0. The minimum absolute atomic E-state index is 0.186. The second kappa shape index (κ2) is 8.91. The molecule has 0 saturated carbocycles. The highest BCUT2D eigenvalue weighted by Crippen LogP contribution is 2.44. The second-order valence-electron chi connectivity index (χ2n) is 9.79. The molecule has 1 unspecified atom stereocenters. The lowest BCUT2D eigenvalue weighted by atomic mass is 9.82. The summed E-state index contributed by atoms with van der Waals surface area (Å²) in [5, 5.41) is 7.25. The number of aromatic nitrogens is 3. The first kappa shape index (κ1) is 25.9. The van der Waals surface area contributed by atoms with Crippen LogP contribution in [0.3, 0.4) is 0 Å². The van der Waals surface area contributed by atoms with E-state index in [0.717, 1.165) is 23.9 Å². The largest absolute Gasteiger partial charge is 0.419 e. The van der Waals surface area contributed by atoms with E-state index in [0.29, 0.717) is 43.7 Å². The lowest BCUT2D eigenvalue weighted by molar-refractivity contribution is -0.138. The van der Waals surface area contributed by atoms with E-state index in [2.05, 4.69) is 15.4 Å². The Hall–Kier alpha value is -3.77. The number of nitrogens with zero attached hydrogens (tertiary/aromatic N) is 4. The smallest absolute Gasteiger partial charge is 0.383 e. The number of carbonyl (C=O) groups is 1. The summed E-state index contributed by atoms with van der Waals surface area (Å²) in [4.78, 5) is 18.3. The van der Waals surface area contributed by atoms with Crippen molar-refractivity contribution >= 4 is 11.8 Å². The minimum atomic E-state index is -4.65. The maximum Gasteiger partial charge on any atom is 0.419 e. The van der Waals surface area contributed by atoms with Crippen LogP contribution in [0.25, 0.3) is 11.3 Å². The summed E-state index contributed by atoms with van der Waals surface area (Å²) in [7, 11) is 0. The number of fused-ring (bicyclic) bond motifs is 2. The van der Waals surface area contributed by atoms with Crippen LogP contribution >= 0.6 is 0 Å². The van der Waals surface area contributed by atoms with Gasteiger partial charge < -0.3 is 16.0 Å². The fourth-order valence-electron chi connectivity index (χ4n) is 5.25. The normalized spacial score (nSPS) is 20.1. The van der Waals surface area contributed by atoms with E-state index in [-0.39, 0.29) is 5.56 Å². The van der Waals surface area contributed by atoms with Gasteiger partial charge in [0.05, 0.1) is 22.9 Å². The molecule has 2 atom stereocenters. The molecule has 2 aromatic heterocycles. The molecule has 0 bridgehead atoms. The van der Waals surface area contributed by atoms with Gasteiger partial charge in [-0.15, -0.1) is 0 Å². The SMILES string of the molecule is C[C@@H](NC(=O)N1CCC2(CCn3nc(-c4cnc(N)c(C(F)(F)F)c4)cc32)C1)c1cccc(C(F)(F)F)c1. The molecule has 2 amide bonds. The molecule has 2 aliphatic heterocycles. The number of aryl methyl sites for hydroxylation is 1. The number of anilines is 1. The van der Waals surface area contributed by atoms with E-state index in [1.54, 1.807) is 22.6 Å². The third kappa shape index (κ3) is 4.65. The van der Waals surface area contributed by atoms with Gasteiger partial charge in [-0.3, -0.25) is 4.68 Å². The highest BCUT2D eigenvalue weighted by molar-refractivity contribution is 5.75. The van der Waals surface area contributed by atoms with Crippen molar-refractivity contribution in [3.05, 3.63) is 65.0 Å². The van der Waals surface area contributed by atoms with Crippen molar-refractivity contribution in [1.29, 1.82) is 0 Å².